The highest BCUT2D eigenvalue weighted by molar-refractivity contribution is 6.04. The van der Waals surface area contributed by atoms with E-state index in [9.17, 15) is 0 Å². The van der Waals surface area contributed by atoms with Gasteiger partial charge in [0.2, 0.25) is 0 Å². The number of hydrogen-bond donors (Lipinski definition) is 2. The second-order valence-corrected chi connectivity index (χ2v) is 11.3. The van der Waals surface area contributed by atoms with Crippen molar-refractivity contribution in [1.29, 1.82) is 0 Å². The third kappa shape index (κ3) is 10.6. The van der Waals surface area contributed by atoms with Gasteiger partial charge in [-0.05, 0) is 85.9 Å². The average Bonchev–Trinajstić information content (AvgIpc) is 3.04. The van der Waals surface area contributed by atoms with Crippen LogP contribution in [0.4, 0.5) is 0 Å². The van der Waals surface area contributed by atoms with Gasteiger partial charge >= 0.3 is 0 Å². The van der Waals surface area contributed by atoms with Gasteiger partial charge in [-0.1, -0.05) is 84.9 Å². The highest BCUT2D eigenvalue weighted by Crippen LogP contribution is 2.37. The van der Waals surface area contributed by atoms with Crippen LogP contribution in [0.5, 0.6) is 11.5 Å². The summed E-state index contributed by atoms with van der Waals surface area (Å²) in [5.41, 5.74) is 6.94. The number of rotatable bonds is 18. The second kappa shape index (κ2) is 18.0. The lowest BCUT2D eigenvalue weighted by molar-refractivity contribution is 0.308. The van der Waals surface area contributed by atoms with Gasteiger partial charge < -0.3 is 29.9 Å². The molecular weight excluding hydrogens is 544 g/mol. The summed E-state index contributed by atoms with van der Waals surface area (Å²) >= 11 is 0. The molecule has 6 heteroatoms. The fourth-order valence-electron chi connectivity index (χ4n) is 4.89. The lowest BCUT2D eigenvalue weighted by atomic mass is 9.86. The van der Waals surface area contributed by atoms with Gasteiger partial charge in [0.15, 0.2) is 0 Å². The zero-order chi connectivity index (χ0) is 31.0. The summed E-state index contributed by atoms with van der Waals surface area (Å²) in [6.45, 7) is 6.81. The fourth-order valence-corrected chi connectivity index (χ4v) is 4.89. The molecule has 4 aromatic rings. The van der Waals surface area contributed by atoms with Crippen LogP contribution in [0.3, 0.4) is 0 Å². The molecule has 0 unspecified atom stereocenters. The van der Waals surface area contributed by atoms with E-state index in [1.807, 2.05) is 0 Å². The van der Waals surface area contributed by atoms with Crippen LogP contribution in [-0.4, -0.2) is 90.5 Å². The first-order chi connectivity index (χ1) is 21.5. The Morgan fingerprint density at radius 2 is 0.795 bits per heavy atom. The lowest BCUT2D eigenvalue weighted by Gasteiger charge is -2.19. The van der Waals surface area contributed by atoms with Crippen molar-refractivity contribution in [2.75, 3.05) is 80.7 Å². The van der Waals surface area contributed by atoms with Gasteiger partial charge in [0.05, 0.1) is 0 Å². The van der Waals surface area contributed by atoms with E-state index in [0.717, 1.165) is 73.0 Å². The van der Waals surface area contributed by atoms with Crippen LogP contribution in [-0.2, 0) is 0 Å². The van der Waals surface area contributed by atoms with E-state index in [-0.39, 0.29) is 0 Å². The van der Waals surface area contributed by atoms with Crippen LogP contribution in [0.15, 0.2) is 109 Å². The van der Waals surface area contributed by atoms with Crippen LogP contribution in [0, 0.1) is 0 Å². The third-order valence-electron chi connectivity index (χ3n) is 7.23. The zero-order valence-corrected chi connectivity index (χ0v) is 26.8. The summed E-state index contributed by atoms with van der Waals surface area (Å²) in [6.07, 6.45) is 0. The van der Waals surface area contributed by atoms with Crippen molar-refractivity contribution in [3.8, 4) is 11.5 Å². The van der Waals surface area contributed by atoms with Crippen molar-refractivity contribution in [3.05, 3.63) is 131 Å². The molecule has 0 aliphatic heterocycles. The molecule has 0 aliphatic carbocycles. The first-order valence-corrected chi connectivity index (χ1v) is 15.5. The summed E-state index contributed by atoms with van der Waals surface area (Å²) in [6, 6.07) is 38.2. The standard InChI is InChI=1S/C38H48N4O2/c1-41(2)27-23-39-25-29-43-35-19-15-33(16-20-35)37(31-11-7-5-8-12-31)38(32-13-9-6-10-14-32)34-17-21-36(22-18-34)44-30-26-40-24-28-42(3)4/h5-22,39-40H,23-30H2,1-4H3/b38-37-. The quantitative estimate of drug-likeness (QED) is 0.113. The molecule has 0 fully saturated rings. The number of hydrogen-bond acceptors (Lipinski definition) is 6. The van der Waals surface area contributed by atoms with Gasteiger partial charge in [0.25, 0.3) is 0 Å². The van der Waals surface area contributed by atoms with Crippen LogP contribution in [0.2, 0.25) is 0 Å². The largest absolute Gasteiger partial charge is 0.492 e. The number of likely N-dealkylation sites (N-methyl/N-ethyl adjacent to an activating group) is 2. The van der Waals surface area contributed by atoms with Crippen LogP contribution < -0.4 is 20.1 Å². The lowest BCUT2D eigenvalue weighted by Crippen LogP contribution is -2.29. The van der Waals surface area contributed by atoms with Crippen LogP contribution in [0.25, 0.3) is 11.1 Å². The Kier molecular flexibility index (Phi) is 13.5. The maximum Gasteiger partial charge on any atom is 0.119 e. The molecule has 0 heterocycles. The molecule has 0 saturated heterocycles. The first-order valence-electron chi connectivity index (χ1n) is 15.5. The van der Waals surface area contributed by atoms with Gasteiger partial charge in [-0.25, -0.2) is 0 Å². The molecule has 2 N–H and O–H groups in total. The topological polar surface area (TPSA) is 49.0 Å². The summed E-state index contributed by atoms with van der Waals surface area (Å²) in [7, 11) is 8.33. The number of benzene rings is 4. The minimum atomic E-state index is 0.629. The highest BCUT2D eigenvalue weighted by atomic mass is 16.5. The Morgan fingerprint density at radius 3 is 1.14 bits per heavy atom. The van der Waals surface area contributed by atoms with Gasteiger partial charge in [-0.2, -0.15) is 0 Å². The highest BCUT2D eigenvalue weighted by Gasteiger charge is 2.16. The Hall–Kier alpha value is -3.94. The summed E-state index contributed by atoms with van der Waals surface area (Å²) in [5, 5.41) is 6.86. The van der Waals surface area contributed by atoms with E-state index in [1.165, 1.54) is 11.1 Å². The fraction of sp³-hybridized carbons (Fsp3) is 0.316. The minimum Gasteiger partial charge on any atom is -0.492 e. The van der Waals surface area contributed by atoms with E-state index in [2.05, 4.69) is 158 Å². The van der Waals surface area contributed by atoms with E-state index in [1.54, 1.807) is 0 Å². The van der Waals surface area contributed by atoms with E-state index in [4.69, 9.17) is 9.47 Å². The smallest absolute Gasteiger partial charge is 0.119 e. The molecule has 4 rings (SSSR count). The molecule has 4 aromatic carbocycles. The normalized spacial score (nSPS) is 12.0. The SMILES string of the molecule is CN(C)CCNCCOc1ccc(/C(=C(/c2ccccc2)c2ccc(OCCNCCN(C)C)cc2)c2ccccc2)cc1. The van der Waals surface area contributed by atoms with Gasteiger partial charge in [-0.15, -0.1) is 0 Å². The predicted molar refractivity (Wildman–Crippen MR) is 185 cm³/mol. The molecule has 44 heavy (non-hydrogen) atoms. The molecule has 0 bridgehead atoms. The Balaban J connectivity index is 1.58. The van der Waals surface area contributed by atoms with Crippen LogP contribution >= 0.6 is 0 Å². The third-order valence-corrected chi connectivity index (χ3v) is 7.23. The molecule has 6 nitrogen and oxygen atoms in total. The van der Waals surface area contributed by atoms with Crippen molar-refractivity contribution < 1.29 is 9.47 Å². The Morgan fingerprint density at radius 1 is 0.455 bits per heavy atom. The summed E-state index contributed by atoms with van der Waals surface area (Å²) in [4.78, 5) is 4.34. The summed E-state index contributed by atoms with van der Waals surface area (Å²) in [5.74, 6) is 1.74. The Labute approximate surface area is 264 Å². The zero-order valence-electron chi connectivity index (χ0n) is 26.8. The van der Waals surface area contributed by atoms with E-state index < -0.39 is 0 Å². The molecular formula is C38H48N4O2. The molecule has 0 saturated carbocycles. The number of nitrogens with zero attached hydrogens (tertiary/aromatic N) is 2. The predicted octanol–water partition coefficient (Wildman–Crippen LogP) is 5.75. The number of nitrogens with one attached hydrogen (secondary N) is 2. The van der Waals surface area contributed by atoms with Crippen molar-refractivity contribution in [2.45, 2.75) is 0 Å². The monoisotopic (exact) mass is 592 g/mol. The maximum absolute atomic E-state index is 6.05. The molecule has 0 aliphatic rings. The molecule has 0 spiro atoms. The maximum atomic E-state index is 6.05. The van der Waals surface area contributed by atoms with E-state index >= 15 is 0 Å². The van der Waals surface area contributed by atoms with Gasteiger partial charge in [-0.3, -0.25) is 0 Å². The van der Waals surface area contributed by atoms with Crippen molar-refractivity contribution in [3.63, 3.8) is 0 Å². The molecule has 232 valence electrons. The first kappa shape index (κ1) is 33.0. The van der Waals surface area contributed by atoms with E-state index in [0.29, 0.717) is 13.2 Å². The molecule has 0 amide bonds. The molecule has 0 radical (unpaired) electrons. The van der Waals surface area contributed by atoms with Gasteiger partial charge in [0, 0.05) is 39.3 Å². The molecule has 0 aromatic heterocycles. The minimum absolute atomic E-state index is 0.629. The Bertz CT molecular complexity index is 1280. The second-order valence-electron chi connectivity index (χ2n) is 11.3. The van der Waals surface area contributed by atoms with Crippen molar-refractivity contribution in [2.24, 2.45) is 0 Å². The average molecular weight is 593 g/mol. The molecule has 0 atom stereocenters. The van der Waals surface area contributed by atoms with Crippen molar-refractivity contribution >= 4 is 11.1 Å². The number of ether oxygens (including phenoxy) is 2. The van der Waals surface area contributed by atoms with Gasteiger partial charge in [0.1, 0.15) is 24.7 Å². The van der Waals surface area contributed by atoms with Crippen molar-refractivity contribution in [1.82, 2.24) is 20.4 Å². The van der Waals surface area contributed by atoms with Crippen LogP contribution in [0.1, 0.15) is 22.3 Å². The summed E-state index contributed by atoms with van der Waals surface area (Å²) < 4.78 is 12.1.